The van der Waals surface area contributed by atoms with Gasteiger partial charge in [0.1, 0.15) is 11.3 Å². The van der Waals surface area contributed by atoms with Gasteiger partial charge in [0.05, 0.1) is 11.0 Å². The summed E-state index contributed by atoms with van der Waals surface area (Å²) in [7, 11) is 1.52. The minimum atomic E-state index is -1.33. The third-order valence-corrected chi connectivity index (χ3v) is 2.43. The van der Waals surface area contributed by atoms with Crippen LogP contribution in [0, 0.1) is 10.1 Å². The van der Waals surface area contributed by atoms with Gasteiger partial charge in [-0.25, -0.2) is 4.79 Å². The molecule has 1 aromatic carbocycles. The van der Waals surface area contributed by atoms with Gasteiger partial charge in [0, 0.05) is 13.7 Å². The molecule has 1 atom stereocenters. The van der Waals surface area contributed by atoms with E-state index in [1.54, 1.807) is 6.92 Å². The van der Waals surface area contributed by atoms with E-state index in [1.165, 1.54) is 25.3 Å². The number of rotatable bonds is 6. The van der Waals surface area contributed by atoms with E-state index < -0.39 is 16.6 Å². The highest BCUT2D eigenvalue weighted by Crippen LogP contribution is 2.28. The Kier molecular flexibility index (Phi) is 4.61. The van der Waals surface area contributed by atoms with E-state index in [0.717, 1.165) is 0 Å². The first-order chi connectivity index (χ1) is 8.47. The molecule has 18 heavy (non-hydrogen) atoms. The van der Waals surface area contributed by atoms with Gasteiger partial charge in [-0.3, -0.25) is 10.1 Å². The van der Waals surface area contributed by atoms with E-state index in [0.29, 0.717) is 6.54 Å². The zero-order chi connectivity index (χ0) is 13.7. The van der Waals surface area contributed by atoms with Gasteiger partial charge in [-0.15, -0.1) is 0 Å². The summed E-state index contributed by atoms with van der Waals surface area (Å²) in [4.78, 5) is 21.1. The Balaban J connectivity index is 3.07. The van der Waals surface area contributed by atoms with Crippen molar-refractivity contribution in [2.24, 2.45) is 0 Å². The first-order valence-corrected chi connectivity index (χ1v) is 5.24. The van der Waals surface area contributed by atoms with Crippen LogP contribution in [0.5, 0.6) is 0 Å². The number of carboxylic acids is 1. The lowest BCUT2D eigenvalue weighted by Crippen LogP contribution is -2.19. The summed E-state index contributed by atoms with van der Waals surface area (Å²) in [6.45, 7) is 2.14. The Morgan fingerprint density at radius 1 is 1.61 bits per heavy atom. The molecule has 0 heterocycles. The van der Waals surface area contributed by atoms with Crippen LogP contribution in [-0.4, -0.2) is 35.8 Å². The van der Waals surface area contributed by atoms with E-state index in [-0.39, 0.29) is 17.4 Å². The second kappa shape index (κ2) is 5.97. The molecule has 7 nitrogen and oxygen atoms in total. The molecular formula is C11H14N2O5. The van der Waals surface area contributed by atoms with Gasteiger partial charge in [-0.2, -0.15) is 0 Å². The van der Waals surface area contributed by atoms with Crippen LogP contribution < -0.4 is 5.32 Å². The average molecular weight is 254 g/mol. The SMILES string of the molecule is COC(C)CNc1cccc(C(=O)O)c1[N+](=O)[O-]. The van der Waals surface area contributed by atoms with E-state index in [4.69, 9.17) is 9.84 Å². The van der Waals surface area contributed by atoms with Crippen molar-refractivity contribution in [2.45, 2.75) is 13.0 Å². The minimum Gasteiger partial charge on any atom is -0.477 e. The lowest BCUT2D eigenvalue weighted by molar-refractivity contribution is -0.384. The maximum Gasteiger partial charge on any atom is 0.342 e. The van der Waals surface area contributed by atoms with Crippen molar-refractivity contribution in [1.29, 1.82) is 0 Å². The zero-order valence-corrected chi connectivity index (χ0v) is 10.0. The number of nitrogens with zero attached hydrogens (tertiary/aromatic N) is 1. The fourth-order valence-electron chi connectivity index (χ4n) is 1.39. The van der Waals surface area contributed by atoms with Crippen LogP contribution in [0.15, 0.2) is 18.2 Å². The highest BCUT2D eigenvalue weighted by molar-refractivity contribution is 5.95. The molecule has 98 valence electrons. The van der Waals surface area contributed by atoms with Crippen LogP contribution in [-0.2, 0) is 4.74 Å². The van der Waals surface area contributed by atoms with Crippen molar-refractivity contribution in [3.8, 4) is 0 Å². The third-order valence-electron chi connectivity index (χ3n) is 2.43. The average Bonchev–Trinajstić information content (AvgIpc) is 2.34. The Hall–Kier alpha value is -2.15. The standard InChI is InChI=1S/C11H14N2O5/c1-7(18-2)6-12-9-5-3-4-8(11(14)15)10(9)13(16)17/h3-5,7,12H,6H2,1-2H3,(H,14,15). The summed E-state index contributed by atoms with van der Waals surface area (Å²) in [6.07, 6.45) is -0.141. The molecule has 0 aliphatic carbocycles. The largest absolute Gasteiger partial charge is 0.477 e. The van der Waals surface area contributed by atoms with Gasteiger partial charge in [0.2, 0.25) is 0 Å². The number of anilines is 1. The molecular weight excluding hydrogens is 240 g/mol. The predicted octanol–water partition coefficient (Wildman–Crippen LogP) is 1.74. The molecule has 0 aliphatic heterocycles. The summed E-state index contributed by atoms with van der Waals surface area (Å²) in [5.74, 6) is -1.33. The highest BCUT2D eigenvalue weighted by Gasteiger charge is 2.24. The van der Waals surface area contributed by atoms with Crippen LogP contribution in [0.25, 0.3) is 0 Å². The summed E-state index contributed by atoms with van der Waals surface area (Å²) >= 11 is 0. The van der Waals surface area contributed by atoms with Crippen LogP contribution >= 0.6 is 0 Å². The second-order valence-electron chi connectivity index (χ2n) is 3.69. The number of para-hydroxylation sites is 1. The van der Waals surface area contributed by atoms with Crippen LogP contribution in [0.1, 0.15) is 17.3 Å². The number of methoxy groups -OCH3 is 1. The molecule has 0 fully saturated rings. The quantitative estimate of drug-likeness (QED) is 0.592. The van der Waals surface area contributed by atoms with Crippen LogP contribution in [0.4, 0.5) is 11.4 Å². The molecule has 0 amide bonds. The van der Waals surface area contributed by atoms with Crippen molar-refractivity contribution in [3.63, 3.8) is 0 Å². The van der Waals surface area contributed by atoms with Gasteiger partial charge >= 0.3 is 11.7 Å². The molecule has 1 aromatic rings. The first-order valence-electron chi connectivity index (χ1n) is 5.24. The molecule has 0 saturated heterocycles. The summed E-state index contributed by atoms with van der Waals surface area (Å²) in [5.41, 5.74) is -0.604. The van der Waals surface area contributed by atoms with Crippen molar-refractivity contribution < 1.29 is 19.6 Å². The van der Waals surface area contributed by atoms with Gasteiger partial charge < -0.3 is 15.2 Å². The van der Waals surface area contributed by atoms with Crippen LogP contribution in [0.3, 0.4) is 0 Å². The number of aromatic carboxylic acids is 1. The Morgan fingerprint density at radius 3 is 2.78 bits per heavy atom. The van der Waals surface area contributed by atoms with Gasteiger partial charge in [-0.05, 0) is 19.1 Å². The lowest BCUT2D eigenvalue weighted by atomic mass is 10.1. The fourth-order valence-corrected chi connectivity index (χ4v) is 1.39. The van der Waals surface area contributed by atoms with Gasteiger partial charge in [-0.1, -0.05) is 6.07 Å². The number of nitro groups is 1. The number of ether oxygens (including phenoxy) is 1. The van der Waals surface area contributed by atoms with E-state index in [2.05, 4.69) is 5.32 Å². The molecule has 2 N–H and O–H groups in total. The molecule has 0 aromatic heterocycles. The monoisotopic (exact) mass is 254 g/mol. The number of hydrogen-bond acceptors (Lipinski definition) is 5. The molecule has 0 spiro atoms. The lowest BCUT2D eigenvalue weighted by Gasteiger charge is -2.12. The summed E-state index contributed by atoms with van der Waals surface area (Å²) in [6, 6.07) is 4.12. The van der Waals surface area contributed by atoms with Gasteiger partial charge in [0.15, 0.2) is 0 Å². The molecule has 1 rings (SSSR count). The van der Waals surface area contributed by atoms with Crippen molar-refractivity contribution in [3.05, 3.63) is 33.9 Å². The van der Waals surface area contributed by atoms with Crippen molar-refractivity contribution in [2.75, 3.05) is 19.0 Å². The summed E-state index contributed by atoms with van der Waals surface area (Å²) < 4.78 is 5.00. The number of benzene rings is 1. The minimum absolute atomic E-state index is 0.141. The normalized spacial score (nSPS) is 11.9. The first kappa shape index (κ1) is 13.9. The number of nitrogens with one attached hydrogen (secondary N) is 1. The number of carbonyl (C=O) groups is 1. The molecule has 1 unspecified atom stereocenters. The van der Waals surface area contributed by atoms with Crippen molar-refractivity contribution in [1.82, 2.24) is 0 Å². The number of nitro benzene ring substituents is 1. The highest BCUT2D eigenvalue weighted by atomic mass is 16.6. The molecule has 0 saturated carbocycles. The Bertz CT molecular complexity index is 461. The molecule has 0 radical (unpaired) electrons. The molecule has 0 aliphatic rings. The zero-order valence-electron chi connectivity index (χ0n) is 10.0. The second-order valence-corrected chi connectivity index (χ2v) is 3.69. The maximum atomic E-state index is 10.9. The third kappa shape index (κ3) is 3.17. The summed E-state index contributed by atoms with van der Waals surface area (Å²) in [5, 5.41) is 22.6. The van der Waals surface area contributed by atoms with E-state index >= 15 is 0 Å². The number of carboxylic acid groups (broad SMARTS) is 1. The molecule has 7 heteroatoms. The van der Waals surface area contributed by atoms with Crippen molar-refractivity contribution >= 4 is 17.3 Å². The molecule has 0 bridgehead atoms. The van der Waals surface area contributed by atoms with Crippen LogP contribution in [0.2, 0.25) is 0 Å². The topological polar surface area (TPSA) is 102 Å². The number of hydrogen-bond donors (Lipinski definition) is 2. The fraction of sp³-hybridized carbons (Fsp3) is 0.364. The van der Waals surface area contributed by atoms with Gasteiger partial charge in [0.25, 0.3) is 0 Å². The van der Waals surface area contributed by atoms with E-state index in [1.807, 2.05) is 0 Å². The predicted molar refractivity (Wildman–Crippen MR) is 65.0 cm³/mol. The van der Waals surface area contributed by atoms with E-state index in [9.17, 15) is 14.9 Å². The Labute approximate surface area is 104 Å². The Morgan fingerprint density at radius 2 is 2.28 bits per heavy atom. The maximum absolute atomic E-state index is 10.9. The smallest absolute Gasteiger partial charge is 0.342 e.